The van der Waals surface area contributed by atoms with Crippen molar-refractivity contribution in [1.82, 2.24) is 19.4 Å². The van der Waals surface area contributed by atoms with Gasteiger partial charge in [0.15, 0.2) is 5.65 Å². The van der Waals surface area contributed by atoms with Gasteiger partial charge in [-0.3, -0.25) is 4.79 Å². The first-order valence-electron chi connectivity index (χ1n) is 8.38. The number of carbonyl (C=O) groups is 1. The van der Waals surface area contributed by atoms with Crippen LogP contribution >= 0.6 is 0 Å². The van der Waals surface area contributed by atoms with Crippen molar-refractivity contribution in [3.63, 3.8) is 0 Å². The van der Waals surface area contributed by atoms with E-state index >= 15 is 0 Å². The summed E-state index contributed by atoms with van der Waals surface area (Å²) in [6, 6.07) is 11.2. The van der Waals surface area contributed by atoms with E-state index in [1.165, 1.54) is 0 Å². The summed E-state index contributed by atoms with van der Waals surface area (Å²) in [7, 11) is 3.60. The highest BCUT2D eigenvalue weighted by molar-refractivity contribution is 5.94. The number of pyridine rings is 1. The summed E-state index contributed by atoms with van der Waals surface area (Å²) in [5.74, 6) is 1.96. The second-order valence-corrected chi connectivity index (χ2v) is 6.34. The molecule has 1 aliphatic heterocycles. The average Bonchev–Trinajstić information content (AvgIpc) is 3.26. The quantitative estimate of drug-likeness (QED) is 0.738. The van der Waals surface area contributed by atoms with Crippen molar-refractivity contribution < 1.29 is 9.53 Å². The van der Waals surface area contributed by atoms with E-state index in [1.54, 1.807) is 19.4 Å². The Hall–Kier alpha value is -2.89. The van der Waals surface area contributed by atoms with Crippen LogP contribution in [-0.2, 0) is 7.05 Å². The number of fused-ring (bicyclic) bond motifs is 1. The predicted molar refractivity (Wildman–Crippen MR) is 94.8 cm³/mol. The fourth-order valence-electron chi connectivity index (χ4n) is 3.50. The molecule has 0 N–H and O–H groups in total. The third-order valence-corrected chi connectivity index (χ3v) is 4.82. The Bertz CT molecular complexity index is 934. The van der Waals surface area contributed by atoms with E-state index in [9.17, 15) is 4.79 Å². The molecule has 0 saturated carbocycles. The molecule has 1 aliphatic rings. The predicted octanol–water partition coefficient (Wildman–Crippen LogP) is 2.61. The minimum atomic E-state index is 0.0401. The summed E-state index contributed by atoms with van der Waals surface area (Å²) in [6.45, 7) is 1.41. The molecule has 3 heterocycles. The molecule has 0 aliphatic carbocycles. The first-order chi connectivity index (χ1) is 12.2. The van der Waals surface area contributed by atoms with Gasteiger partial charge in [0.1, 0.15) is 17.1 Å². The zero-order valence-corrected chi connectivity index (χ0v) is 14.3. The Kier molecular flexibility index (Phi) is 3.87. The van der Waals surface area contributed by atoms with Crippen molar-refractivity contribution in [2.24, 2.45) is 7.05 Å². The minimum Gasteiger partial charge on any atom is -0.497 e. The van der Waals surface area contributed by atoms with Gasteiger partial charge in [0.05, 0.1) is 7.11 Å². The van der Waals surface area contributed by atoms with Crippen molar-refractivity contribution in [3.05, 3.63) is 54.0 Å². The maximum atomic E-state index is 12.8. The number of hydrogen-bond acceptors (Lipinski definition) is 4. The number of carbonyl (C=O) groups excluding carboxylic acids is 1. The molecule has 128 valence electrons. The molecule has 1 amide bonds. The van der Waals surface area contributed by atoms with Crippen LogP contribution in [0.5, 0.6) is 5.75 Å². The Labute approximate surface area is 146 Å². The molecule has 6 nitrogen and oxygen atoms in total. The summed E-state index contributed by atoms with van der Waals surface area (Å²) >= 11 is 0. The number of hydrogen-bond donors (Lipinski definition) is 0. The van der Waals surface area contributed by atoms with Crippen LogP contribution in [0.25, 0.3) is 11.2 Å². The molecule has 3 aromatic rings. The van der Waals surface area contributed by atoms with Gasteiger partial charge in [-0.25, -0.2) is 9.97 Å². The Balaban J connectivity index is 1.56. The molecular formula is C19H20N4O2. The highest BCUT2D eigenvalue weighted by Gasteiger charge is 2.31. The molecule has 6 heteroatoms. The molecule has 0 unspecified atom stereocenters. The summed E-state index contributed by atoms with van der Waals surface area (Å²) in [5, 5.41) is 0. The first kappa shape index (κ1) is 15.6. The first-order valence-corrected chi connectivity index (χ1v) is 8.38. The lowest BCUT2D eigenvalue weighted by Gasteiger charge is -2.17. The standard InChI is InChI=1S/C19H20N4O2/c1-22-17(21-16-7-4-9-20-18(16)22)14-8-10-23(12-14)19(24)13-5-3-6-15(11-13)25-2/h3-7,9,11,14H,8,10,12H2,1-2H3/t14-/m1/s1. The molecule has 1 atom stereocenters. The number of imidazole rings is 1. The second kappa shape index (κ2) is 6.20. The van der Waals surface area contributed by atoms with Crippen LogP contribution in [0.15, 0.2) is 42.6 Å². The smallest absolute Gasteiger partial charge is 0.254 e. The van der Waals surface area contributed by atoms with Gasteiger partial charge < -0.3 is 14.2 Å². The summed E-state index contributed by atoms with van der Waals surface area (Å²) in [5.41, 5.74) is 2.44. The lowest BCUT2D eigenvalue weighted by Crippen LogP contribution is -2.28. The average molecular weight is 336 g/mol. The van der Waals surface area contributed by atoms with Crippen molar-refractivity contribution in [2.75, 3.05) is 20.2 Å². The zero-order valence-electron chi connectivity index (χ0n) is 14.3. The number of aromatic nitrogens is 3. The van der Waals surface area contributed by atoms with Gasteiger partial charge in [-0.1, -0.05) is 6.07 Å². The number of likely N-dealkylation sites (tertiary alicyclic amines) is 1. The van der Waals surface area contributed by atoms with E-state index in [-0.39, 0.29) is 11.8 Å². The molecule has 25 heavy (non-hydrogen) atoms. The van der Waals surface area contributed by atoms with Gasteiger partial charge in [0, 0.05) is 37.8 Å². The van der Waals surface area contributed by atoms with Crippen LogP contribution in [-0.4, -0.2) is 45.5 Å². The molecule has 4 rings (SSSR count). The van der Waals surface area contributed by atoms with Crippen LogP contribution in [0.4, 0.5) is 0 Å². The van der Waals surface area contributed by atoms with E-state index in [4.69, 9.17) is 9.72 Å². The number of ether oxygens (including phenoxy) is 1. The lowest BCUT2D eigenvalue weighted by molar-refractivity contribution is 0.0790. The number of aryl methyl sites for hydroxylation is 1. The van der Waals surface area contributed by atoms with E-state index in [0.717, 1.165) is 30.0 Å². The molecule has 0 spiro atoms. The second-order valence-electron chi connectivity index (χ2n) is 6.34. The SMILES string of the molecule is COc1cccc(C(=O)N2CC[C@@H](c3nc4cccnc4n3C)C2)c1. The number of methoxy groups -OCH3 is 1. The van der Waals surface area contributed by atoms with Crippen LogP contribution in [0.2, 0.25) is 0 Å². The number of rotatable bonds is 3. The zero-order chi connectivity index (χ0) is 17.4. The van der Waals surface area contributed by atoms with Crippen LogP contribution in [0, 0.1) is 0 Å². The Morgan fingerprint density at radius 1 is 1.28 bits per heavy atom. The van der Waals surface area contributed by atoms with Crippen molar-refractivity contribution in [2.45, 2.75) is 12.3 Å². The number of nitrogens with zero attached hydrogens (tertiary/aromatic N) is 4. The van der Waals surface area contributed by atoms with E-state index in [1.807, 2.05) is 46.8 Å². The fourth-order valence-corrected chi connectivity index (χ4v) is 3.50. The van der Waals surface area contributed by atoms with Crippen LogP contribution in [0.3, 0.4) is 0 Å². The molecule has 1 fully saturated rings. The number of amides is 1. The minimum absolute atomic E-state index is 0.0401. The normalized spacial score (nSPS) is 17.2. The van der Waals surface area contributed by atoms with Gasteiger partial charge in [-0.2, -0.15) is 0 Å². The fraction of sp³-hybridized carbons (Fsp3) is 0.316. The highest BCUT2D eigenvalue weighted by Crippen LogP contribution is 2.29. The Morgan fingerprint density at radius 3 is 2.96 bits per heavy atom. The van der Waals surface area contributed by atoms with Crippen LogP contribution < -0.4 is 4.74 Å². The van der Waals surface area contributed by atoms with Crippen molar-refractivity contribution in [3.8, 4) is 5.75 Å². The highest BCUT2D eigenvalue weighted by atomic mass is 16.5. The van der Waals surface area contributed by atoms with E-state index in [0.29, 0.717) is 17.9 Å². The lowest BCUT2D eigenvalue weighted by atomic mass is 10.1. The van der Waals surface area contributed by atoms with Gasteiger partial charge in [-0.05, 0) is 36.8 Å². The molecule has 2 aromatic heterocycles. The summed E-state index contributed by atoms with van der Waals surface area (Å²) in [4.78, 5) is 23.8. The molecule has 0 radical (unpaired) electrons. The van der Waals surface area contributed by atoms with Crippen molar-refractivity contribution in [1.29, 1.82) is 0 Å². The third kappa shape index (κ3) is 2.73. The molecule has 1 saturated heterocycles. The summed E-state index contributed by atoms with van der Waals surface area (Å²) in [6.07, 6.45) is 2.69. The monoisotopic (exact) mass is 336 g/mol. The van der Waals surface area contributed by atoms with Gasteiger partial charge in [0.2, 0.25) is 0 Å². The van der Waals surface area contributed by atoms with Crippen molar-refractivity contribution >= 4 is 17.1 Å². The third-order valence-electron chi connectivity index (χ3n) is 4.82. The maximum Gasteiger partial charge on any atom is 0.254 e. The van der Waals surface area contributed by atoms with Crippen LogP contribution in [0.1, 0.15) is 28.5 Å². The number of benzene rings is 1. The van der Waals surface area contributed by atoms with Gasteiger partial charge in [0.25, 0.3) is 5.91 Å². The molecular weight excluding hydrogens is 316 g/mol. The van der Waals surface area contributed by atoms with Gasteiger partial charge in [-0.15, -0.1) is 0 Å². The maximum absolute atomic E-state index is 12.8. The van der Waals surface area contributed by atoms with E-state index in [2.05, 4.69) is 4.98 Å². The summed E-state index contributed by atoms with van der Waals surface area (Å²) < 4.78 is 7.26. The van der Waals surface area contributed by atoms with Gasteiger partial charge >= 0.3 is 0 Å². The molecule has 1 aromatic carbocycles. The molecule has 0 bridgehead atoms. The van der Waals surface area contributed by atoms with E-state index < -0.39 is 0 Å². The topological polar surface area (TPSA) is 60.2 Å². The Morgan fingerprint density at radius 2 is 2.16 bits per heavy atom. The largest absolute Gasteiger partial charge is 0.497 e.